The minimum atomic E-state index is -1.00. The summed E-state index contributed by atoms with van der Waals surface area (Å²) in [5.41, 5.74) is 7.72. The van der Waals surface area contributed by atoms with E-state index in [1.165, 1.54) is 0 Å². The third-order valence-electron chi connectivity index (χ3n) is 5.50. The highest BCUT2D eigenvalue weighted by atomic mass is 35.5. The van der Waals surface area contributed by atoms with E-state index in [4.69, 9.17) is 22.1 Å². The summed E-state index contributed by atoms with van der Waals surface area (Å²) in [6, 6.07) is 14.3. The number of allylic oxidation sites excluding steroid dienone is 1. The molecule has 0 aliphatic heterocycles. The second-order valence-electron chi connectivity index (χ2n) is 7.45. The van der Waals surface area contributed by atoms with Gasteiger partial charge in [0.25, 0.3) is 5.91 Å². The average Bonchev–Trinajstić information content (AvgIpc) is 2.78. The zero-order chi connectivity index (χ0) is 21.1. The summed E-state index contributed by atoms with van der Waals surface area (Å²) in [6.45, 7) is 0. The largest absolute Gasteiger partial charge is 0.505 e. The number of amides is 1. The van der Waals surface area contributed by atoms with Crippen LogP contribution in [0.5, 0.6) is 11.5 Å². The number of ether oxygens (including phenoxy) is 1. The molecule has 30 heavy (non-hydrogen) atoms. The number of carbonyl (C=O) groups excluding carboxylic acids is 1. The van der Waals surface area contributed by atoms with Crippen molar-refractivity contribution in [1.82, 2.24) is 4.98 Å². The number of hydrogen-bond acceptors (Lipinski definition) is 4. The molecule has 3 N–H and O–H groups in total. The first kappa shape index (κ1) is 20.2. The van der Waals surface area contributed by atoms with Gasteiger partial charge in [-0.3, -0.25) is 9.78 Å². The first-order chi connectivity index (χ1) is 14.6. The highest BCUT2D eigenvalue weighted by molar-refractivity contribution is 6.35. The number of para-hydroxylation sites is 1. The number of halogens is 1. The van der Waals surface area contributed by atoms with Gasteiger partial charge in [-0.2, -0.15) is 0 Å². The van der Waals surface area contributed by atoms with Crippen LogP contribution in [-0.4, -0.2) is 22.1 Å². The highest BCUT2D eigenvalue weighted by Crippen LogP contribution is 2.43. The number of carbonyl (C=O) groups is 1. The quantitative estimate of drug-likeness (QED) is 0.540. The van der Waals surface area contributed by atoms with Gasteiger partial charge in [0.2, 0.25) is 0 Å². The molecule has 2 unspecified atom stereocenters. The van der Waals surface area contributed by atoms with Gasteiger partial charge in [0, 0.05) is 17.1 Å². The molecule has 1 aliphatic carbocycles. The monoisotopic (exact) mass is 422 g/mol. The molecule has 0 saturated carbocycles. The Hall–Kier alpha value is -3.05. The van der Waals surface area contributed by atoms with E-state index < -0.39 is 17.9 Å². The van der Waals surface area contributed by atoms with Gasteiger partial charge in [-0.05, 0) is 56.0 Å². The van der Waals surface area contributed by atoms with Crippen LogP contribution < -0.4 is 10.5 Å². The molecule has 1 aromatic heterocycles. The number of benzene rings is 2. The van der Waals surface area contributed by atoms with Crippen LogP contribution in [-0.2, 0) is 4.79 Å². The van der Waals surface area contributed by atoms with E-state index in [1.807, 2.05) is 18.2 Å². The van der Waals surface area contributed by atoms with E-state index >= 15 is 0 Å². The SMILES string of the molecule is NC(=O)C(Oc1ccccc1)C(C1=CCCCC1)c1cc(Cl)c2cccnc2c1O. The van der Waals surface area contributed by atoms with Crippen molar-refractivity contribution in [3.8, 4) is 11.5 Å². The van der Waals surface area contributed by atoms with Crippen molar-refractivity contribution >= 4 is 28.4 Å². The first-order valence-corrected chi connectivity index (χ1v) is 10.4. The molecule has 2 aromatic carbocycles. The second-order valence-corrected chi connectivity index (χ2v) is 7.86. The number of hydrogen-bond donors (Lipinski definition) is 2. The number of rotatable bonds is 6. The molecule has 0 bridgehead atoms. The Kier molecular flexibility index (Phi) is 5.91. The minimum absolute atomic E-state index is 0.00520. The summed E-state index contributed by atoms with van der Waals surface area (Å²) in [5.74, 6) is -0.638. The molecule has 2 atom stereocenters. The van der Waals surface area contributed by atoms with E-state index in [0.717, 1.165) is 31.3 Å². The third kappa shape index (κ3) is 3.98. The molecule has 0 saturated heterocycles. The van der Waals surface area contributed by atoms with Crippen LogP contribution in [0.1, 0.15) is 37.2 Å². The number of nitrogens with zero attached hydrogens (tertiary/aromatic N) is 1. The maximum Gasteiger partial charge on any atom is 0.259 e. The Labute approximate surface area is 180 Å². The third-order valence-corrected chi connectivity index (χ3v) is 5.81. The fourth-order valence-electron chi connectivity index (χ4n) is 4.08. The van der Waals surface area contributed by atoms with E-state index in [1.54, 1.807) is 36.5 Å². The highest BCUT2D eigenvalue weighted by Gasteiger charge is 2.36. The number of fused-ring (bicyclic) bond motifs is 1. The summed E-state index contributed by atoms with van der Waals surface area (Å²) in [7, 11) is 0. The van der Waals surface area contributed by atoms with Gasteiger partial charge < -0.3 is 15.6 Å². The van der Waals surface area contributed by atoms with E-state index in [2.05, 4.69) is 11.1 Å². The Morgan fingerprint density at radius 3 is 2.67 bits per heavy atom. The summed E-state index contributed by atoms with van der Waals surface area (Å²) < 4.78 is 6.06. The standard InChI is InChI=1S/C24H23ClN2O3/c25-19-14-18(22(28)21-17(19)12-7-13-27-21)20(15-8-3-1-4-9-15)23(24(26)29)30-16-10-5-2-6-11-16/h2,5-8,10-14,20,23,28H,1,3-4,9H2,(H2,26,29). The van der Waals surface area contributed by atoms with Crippen LogP contribution in [0.15, 0.2) is 66.4 Å². The Morgan fingerprint density at radius 1 is 1.17 bits per heavy atom. The fraction of sp³-hybridized carbons (Fsp3) is 0.250. The number of aromatic nitrogens is 1. The van der Waals surface area contributed by atoms with E-state index in [9.17, 15) is 9.90 Å². The summed E-state index contributed by atoms with van der Waals surface area (Å²) in [5, 5.41) is 12.2. The summed E-state index contributed by atoms with van der Waals surface area (Å²) in [6.07, 6.45) is 6.51. The van der Waals surface area contributed by atoms with Crippen LogP contribution >= 0.6 is 11.6 Å². The zero-order valence-corrected chi connectivity index (χ0v) is 17.2. The first-order valence-electron chi connectivity index (χ1n) is 10.0. The molecule has 1 amide bonds. The molecule has 0 fully saturated rings. The molecule has 5 nitrogen and oxygen atoms in total. The number of aromatic hydroxyl groups is 1. The van der Waals surface area contributed by atoms with Crippen molar-refractivity contribution in [2.75, 3.05) is 0 Å². The molecule has 6 heteroatoms. The van der Waals surface area contributed by atoms with Crippen molar-refractivity contribution in [2.45, 2.75) is 37.7 Å². The lowest BCUT2D eigenvalue weighted by atomic mass is 9.80. The molecule has 1 heterocycles. The van der Waals surface area contributed by atoms with Gasteiger partial charge in [-0.1, -0.05) is 41.4 Å². The average molecular weight is 423 g/mol. The van der Waals surface area contributed by atoms with Crippen molar-refractivity contribution in [3.63, 3.8) is 0 Å². The van der Waals surface area contributed by atoms with Gasteiger partial charge in [-0.25, -0.2) is 0 Å². The Morgan fingerprint density at radius 2 is 1.97 bits per heavy atom. The normalized spacial score (nSPS) is 16.0. The second kappa shape index (κ2) is 8.76. The molecule has 0 radical (unpaired) electrons. The molecular formula is C24H23ClN2O3. The van der Waals surface area contributed by atoms with Crippen LogP contribution in [0.2, 0.25) is 5.02 Å². The van der Waals surface area contributed by atoms with Crippen molar-refractivity contribution in [1.29, 1.82) is 0 Å². The van der Waals surface area contributed by atoms with Crippen LogP contribution in [0.3, 0.4) is 0 Å². The predicted octanol–water partition coefficient (Wildman–Crippen LogP) is 5.11. The number of phenols is 1. The molecular weight excluding hydrogens is 400 g/mol. The maximum atomic E-state index is 12.6. The van der Waals surface area contributed by atoms with Crippen LogP contribution in [0, 0.1) is 0 Å². The topological polar surface area (TPSA) is 85.4 Å². The minimum Gasteiger partial charge on any atom is -0.505 e. The van der Waals surface area contributed by atoms with Crippen molar-refractivity contribution < 1.29 is 14.6 Å². The Balaban J connectivity index is 1.88. The number of nitrogens with two attached hydrogens (primary N) is 1. The zero-order valence-electron chi connectivity index (χ0n) is 16.4. The lowest BCUT2D eigenvalue weighted by Gasteiger charge is -2.30. The predicted molar refractivity (Wildman–Crippen MR) is 118 cm³/mol. The van der Waals surface area contributed by atoms with E-state index in [0.29, 0.717) is 27.2 Å². The van der Waals surface area contributed by atoms with Gasteiger partial charge >= 0.3 is 0 Å². The molecule has 1 aliphatic rings. The number of primary amides is 1. The van der Waals surface area contributed by atoms with Crippen LogP contribution in [0.25, 0.3) is 10.9 Å². The summed E-state index contributed by atoms with van der Waals surface area (Å²) >= 11 is 6.53. The summed E-state index contributed by atoms with van der Waals surface area (Å²) in [4.78, 5) is 16.9. The molecule has 154 valence electrons. The van der Waals surface area contributed by atoms with E-state index in [-0.39, 0.29) is 5.75 Å². The number of pyridine rings is 1. The van der Waals surface area contributed by atoms with Crippen molar-refractivity contribution in [3.05, 3.63) is 77.0 Å². The molecule has 3 aromatic rings. The molecule has 0 spiro atoms. The van der Waals surface area contributed by atoms with Gasteiger partial charge in [0.1, 0.15) is 17.0 Å². The van der Waals surface area contributed by atoms with Gasteiger partial charge in [0.05, 0.1) is 10.9 Å². The van der Waals surface area contributed by atoms with Gasteiger partial charge in [0.15, 0.2) is 6.10 Å². The fourth-order valence-corrected chi connectivity index (χ4v) is 4.35. The maximum absolute atomic E-state index is 12.6. The smallest absolute Gasteiger partial charge is 0.259 e. The molecule has 4 rings (SSSR count). The lowest BCUT2D eigenvalue weighted by molar-refractivity contribution is -0.125. The van der Waals surface area contributed by atoms with Crippen LogP contribution in [0.4, 0.5) is 0 Å². The lowest BCUT2D eigenvalue weighted by Crippen LogP contribution is -2.40. The van der Waals surface area contributed by atoms with Crippen molar-refractivity contribution in [2.24, 2.45) is 5.73 Å². The number of phenolic OH excluding ortho intramolecular Hbond substituents is 1. The van der Waals surface area contributed by atoms with Gasteiger partial charge in [-0.15, -0.1) is 0 Å². The Bertz CT molecular complexity index is 1100.